The minimum atomic E-state index is 0.452. The van der Waals surface area contributed by atoms with Gasteiger partial charge >= 0.3 is 0 Å². The Morgan fingerprint density at radius 3 is 2.33 bits per heavy atom. The first-order chi connectivity index (χ1) is 13.0. The predicted molar refractivity (Wildman–Crippen MR) is 118 cm³/mol. The van der Waals surface area contributed by atoms with E-state index in [4.69, 9.17) is 16.3 Å². The summed E-state index contributed by atoms with van der Waals surface area (Å²) in [5.74, 6) is 0.740. The zero-order chi connectivity index (χ0) is 19.2. The molecule has 0 saturated heterocycles. The number of hydrogen-bond donors (Lipinski definition) is 0. The molecule has 2 nitrogen and oxygen atoms in total. The molecule has 3 aromatic rings. The molecule has 0 radical (unpaired) electrons. The van der Waals surface area contributed by atoms with Crippen LogP contribution in [-0.4, -0.2) is 0 Å². The Hall–Kier alpha value is -2.06. The quantitative estimate of drug-likeness (QED) is 0.267. The summed E-state index contributed by atoms with van der Waals surface area (Å²) in [6, 6.07) is 23.2. The number of ether oxygens (including phenoxy) is 1. The first-order valence-electron chi connectivity index (χ1n) is 8.10. The van der Waals surface area contributed by atoms with E-state index in [9.17, 15) is 5.26 Å². The lowest BCUT2D eigenvalue weighted by Crippen LogP contribution is -1.96. The van der Waals surface area contributed by atoms with Gasteiger partial charge in [0.15, 0.2) is 0 Å². The monoisotopic (exact) mass is 501 g/mol. The lowest BCUT2D eigenvalue weighted by Gasteiger charge is -2.09. The van der Waals surface area contributed by atoms with Crippen LogP contribution in [0.3, 0.4) is 0 Å². The van der Waals surface area contributed by atoms with Crippen LogP contribution in [0.15, 0.2) is 75.7 Å². The second-order valence-corrected chi connectivity index (χ2v) is 7.99. The Bertz CT molecular complexity index is 1010. The summed E-state index contributed by atoms with van der Waals surface area (Å²) in [7, 11) is 0. The van der Waals surface area contributed by atoms with Crippen LogP contribution in [0.5, 0.6) is 5.75 Å². The Morgan fingerprint density at radius 1 is 1.00 bits per heavy atom. The molecule has 0 fully saturated rings. The maximum absolute atomic E-state index is 9.49. The number of halogens is 3. The Morgan fingerprint density at radius 2 is 1.70 bits per heavy atom. The fraction of sp³-hybridized carbons (Fsp3) is 0.0455. The van der Waals surface area contributed by atoms with Gasteiger partial charge in [-0.2, -0.15) is 5.26 Å². The molecule has 5 heteroatoms. The van der Waals surface area contributed by atoms with Gasteiger partial charge in [0.05, 0.1) is 16.1 Å². The SMILES string of the molecule is N#C/C(=C/c1ccc(OCc2ccc(Cl)cc2)c(Br)c1)c1ccc(Br)cc1. The average molecular weight is 504 g/mol. The minimum absolute atomic E-state index is 0.452. The topological polar surface area (TPSA) is 33.0 Å². The van der Waals surface area contributed by atoms with Gasteiger partial charge in [-0.05, 0) is 75.1 Å². The van der Waals surface area contributed by atoms with Gasteiger partial charge in [0.25, 0.3) is 0 Å². The zero-order valence-electron chi connectivity index (χ0n) is 14.1. The summed E-state index contributed by atoms with van der Waals surface area (Å²) in [6.45, 7) is 0.452. The van der Waals surface area contributed by atoms with Gasteiger partial charge in [-0.3, -0.25) is 0 Å². The first-order valence-corrected chi connectivity index (χ1v) is 10.1. The van der Waals surface area contributed by atoms with Crippen LogP contribution in [0.2, 0.25) is 5.02 Å². The van der Waals surface area contributed by atoms with E-state index < -0.39 is 0 Å². The molecule has 0 bridgehead atoms. The molecule has 0 amide bonds. The van der Waals surface area contributed by atoms with E-state index in [0.29, 0.717) is 17.2 Å². The number of nitrogens with zero attached hydrogens (tertiary/aromatic N) is 1. The average Bonchev–Trinajstić information content (AvgIpc) is 2.67. The molecule has 0 heterocycles. The molecule has 0 unspecified atom stereocenters. The van der Waals surface area contributed by atoms with Gasteiger partial charge in [-0.15, -0.1) is 0 Å². The Kier molecular flexibility index (Phi) is 6.73. The highest BCUT2D eigenvalue weighted by Gasteiger charge is 2.05. The largest absolute Gasteiger partial charge is 0.488 e. The second-order valence-electron chi connectivity index (χ2n) is 5.78. The third-order valence-electron chi connectivity index (χ3n) is 3.85. The van der Waals surface area contributed by atoms with Gasteiger partial charge < -0.3 is 4.74 Å². The fourth-order valence-electron chi connectivity index (χ4n) is 2.44. The van der Waals surface area contributed by atoms with Gasteiger partial charge in [0.2, 0.25) is 0 Å². The lowest BCUT2D eigenvalue weighted by molar-refractivity contribution is 0.304. The van der Waals surface area contributed by atoms with Crippen LogP contribution in [0.4, 0.5) is 0 Å². The maximum Gasteiger partial charge on any atom is 0.134 e. The van der Waals surface area contributed by atoms with Crippen molar-refractivity contribution in [2.75, 3.05) is 0 Å². The van der Waals surface area contributed by atoms with E-state index in [2.05, 4.69) is 37.9 Å². The standard InChI is InChI=1S/C22H14Br2ClNO/c23-19-6-4-17(5-7-19)18(13-26)11-16-3-10-22(21(24)12-16)27-14-15-1-8-20(25)9-2-15/h1-12H,14H2/b18-11-. The van der Waals surface area contributed by atoms with E-state index >= 15 is 0 Å². The lowest BCUT2D eigenvalue weighted by atomic mass is 10.0. The van der Waals surface area contributed by atoms with Crippen molar-refractivity contribution in [3.63, 3.8) is 0 Å². The normalized spacial score (nSPS) is 11.1. The van der Waals surface area contributed by atoms with Gasteiger partial charge in [0.1, 0.15) is 12.4 Å². The van der Waals surface area contributed by atoms with Crippen molar-refractivity contribution in [3.8, 4) is 11.8 Å². The van der Waals surface area contributed by atoms with Crippen LogP contribution in [0.1, 0.15) is 16.7 Å². The van der Waals surface area contributed by atoms with Crippen molar-refractivity contribution >= 4 is 55.1 Å². The molecule has 3 aromatic carbocycles. The molecular formula is C22H14Br2ClNO. The predicted octanol–water partition coefficient (Wildman–Crippen LogP) is 7.51. The van der Waals surface area contributed by atoms with Gasteiger partial charge in [-0.25, -0.2) is 0 Å². The first kappa shape index (κ1) is 19.7. The molecule has 0 aliphatic heterocycles. The molecule has 0 N–H and O–H groups in total. The van der Waals surface area contributed by atoms with Crippen LogP contribution >= 0.6 is 43.5 Å². The summed E-state index contributed by atoms with van der Waals surface area (Å²) in [4.78, 5) is 0. The van der Waals surface area contributed by atoms with E-state index in [0.717, 1.165) is 31.4 Å². The third-order valence-corrected chi connectivity index (χ3v) is 5.25. The van der Waals surface area contributed by atoms with Crippen LogP contribution in [0, 0.1) is 11.3 Å². The van der Waals surface area contributed by atoms with Crippen molar-refractivity contribution in [2.45, 2.75) is 6.61 Å². The second kappa shape index (κ2) is 9.23. The number of nitriles is 1. The van der Waals surface area contributed by atoms with Crippen LogP contribution < -0.4 is 4.74 Å². The van der Waals surface area contributed by atoms with Gasteiger partial charge in [0, 0.05) is 9.50 Å². The molecule has 0 saturated carbocycles. The van der Waals surface area contributed by atoms with E-state index in [1.165, 1.54) is 0 Å². The van der Waals surface area contributed by atoms with E-state index in [-0.39, 0.29) is 0 Å². The molecule has 27 heavy (non-hydrogen) atoms. The van der Waals surface area contributed by atoms with Crippen molar-refractivity contribution in [3.05, 3.63) is 97.4 Å². The molecule has 0 aliphatic rings. The fourth-order valence-corrected chi connectivity index (χ4v) is 3.34. The van der Waals surface area contributed by atoms with Crippen LogP contribution in [0.25, 0.3) is 11.6 Å². The molecule has 0 aromatic heterocycles. The summed E-state index contributed by atoms with van der Waals surface area (Å²) < 4.78 is 7.68. The highest BCUT2D eigenvalue weighted by Crippen LogP contribution is 2.29. The molecule has 0 aliphatic carbocycles. The maximum atomic E-state index is 9.49. The summed E-state index contributed by atoms with van der Waals surface area (Å²) >= 11 is 12.9. The number of rotatable bonds is 5. The number of allylic oxidation sites excluding steroid dienone is 1. The highest BCUT2D eigenvalue weighted by molar-refractivity contribution is 9.10. The Labute approximate surface area is 180 Å². The van der Waals surface area contributed by atoms with Crippen LogP contribution in [-0.2, 0) is 6.61 Å². The molecule has 3 rings (SSSR count). The number of hydrogen-bond acceptors (Lipinski definition) is 2. The summed E-state index contributed by atoms with van der Waals surface area (Å²) in [5, 5.41) is 10.2. The molecule has 0 spiro atoms. The molecule has 134 valence electrons. The van der Waals surface area contributed by atoms with Crippen molar-refractivity contribution < 1.29 is 4.74 Å². The third kappa shape index (κ3) is 5.46. The molecule has 0 atom stereocenters. The van der Waals surface area contributed by atoms with Gasteiger partial charge in [-0.1, -0.05) is 57.9 Å². The highest BCUT2D eigenvalue weighted by atomic mass is 79.9. The minimum Gasteiger partial charge on any atom is -0.488 e. The smallest absolute Gasteiger partial charge is 0.134 e. The van der Waals surface area contributed by atoms with Crippen molar-refractivity contribution in [1.82, 2.24) is 0 Å². The number of benzene rings is 3. The van der Waals surface area contributed by atoms with E-state index in [1.54, 1.807) is 0 Å². The Balaban J connectivity index is 1.76. The van der Waals surface area contributed by atoms with E-state index in [1.807, 2.05) is 72.8 Å². The van der Waals surface area contributed by atoms with Crippen molar-refractivity contribution in [2.24, 2.45) is 0 Å². The molecular weight excluding hydrogens is 490 g/mol. The summed E-state index contributed by atoms with van der Waals surface area (Å²) in [5.41, 5.74) is 3.43. The zero-order valence-corrected chi connectivity index (χ0v) is 18.1. The van der Waals surface area contributed by atoms with Crippen molar-refractivity contribution in [1.29, 1.82) is 5.26 Å². The summed E-state index contributed by atoms with van der Waals surface area (Å²) in [6.07, 6.45) is 1.86.